The third-order valence-electron chi connectivity index (χ3n) is 7.91. The smallest absolute Gasteiger partial charge is 0.192 e. The molecule has 3 nitrogen and oxygen atoms in total. The van der Waals surface area contributed by atoms with Crippen LogP contribution in [0.25, 0.3) is 11.1 Å². The zero-order chi connectivity index (χ0) is 18.9. The number of rotatable bonds is 2. The molecule has 5 aliphatic rings. The summed E-state index contributed by atoms with van der Waals surface area (Å²) in [6, 6.07) is 17.6. The fourth-order valence-electron chi connectivity index (χ4n) is 7.20. The Morgan fingerprint density at radius 3 is 1.82 bits per heavy atom. The van der Waals surface area contributed by atoms with Crippen LogP contribution < -0.4 is 5.73 Å². The second kappa shape index (κ2) is 5.85. The number of nitrogens with zero attached hydrogens (tertiary/aromatic N) is 2. The Labute approximate surface area is 167 Å². The van der Waals surface area contributed by atoms with Crippen molar-refractivity contribution in [3.05, 3.63) is 59.7 Å². The zero-order valence-electron chi connectivity index (χ0n) is 16.6. The molecular weight excluding hydrogens is 342 g/mol. The van der Waals surface area contributed by atoms with Gasteiger partial charge in [-0.2, -0.15) is 0 Å². The van der Waals surface area contributed by atoms with Crippen molar-refractivity contribution in [3.63, 3.8) is 0 Å². The zero-order valence-corrected chi connectivity index (χ0v) is 16.6. The maximum Gasteiger partial charge on any atom is 0.192 e. The number of hydrogen-bond donors (Lipinski definition) is 1. The molecule has 0 saturated heterocycles. The van der Waals surface area contributed by atoms with Gasteiger partial charge in [0.05, 0.1) is 11.6 Å². The molecule has 3 heteroatoms. The van der Waals surface area contributed by atoms with Gasteiger partial charge in [-0.25, -0.2) is 4.99 Å². The van der Waals surface area contributed by atoms with E-state index in [1.807, 2.05) is 0 Å². The Morgan fingerprint density at radius 1 is 0.857 bits per heavy atom. The van der Waals surface area contributed by atoms with Gasteiger partial charge in [-0.3, -0.25) is 0 Å². The van der Waals surface area contributed by atoms with E-state index in [1.54, 1.807) is 0 Å². The normalized spacial score (nSPS) is 33.0. The first-order chi connectivity index (χ1) is 13.6. The van der Waals surface area contributed by atoms with Crippen LogP contribution >= 0.6 is 0 Å². The highest BCUT2D eigenvalue weighted by molar-refractivity contribution is 5.84. The topological polar surface area (TPSA) is 41.6 Å². The largest absolute Gasteiger partial charge is 0.370 e. The molecule has 4 fully saturated rings. The van der Waals surface area contributed by atoms with Crippen LogP contribution in [0.2, 0.25) is 0 Å². The summed E-state index contributed by atoms with van der Waals surface area (Å²) >= 11 is 0. The van der Waals surface area contributed by atoms with E-state index in [2.05, 4.69) is 60.5 Å². The van der Waals surface area contributed by atoms with Crippen molar-refractivity contribution in [2.24, 2.45) is 28.5 Å². The van der Waals surface area contributed by atoms with Gasteiger partial charge in [-0.1, -0.05) is 48.5 Å². The summed E-state index contributed by atoms with van der Waals surface area (Å²) in [5.41, 5.74) is 12.2. The molecule has 144 valence electrons. The van der Waals surface area contributed by atoms with Crippen molar-refractivity contribution in [1.82, 2.24) is 4.90 Å². The van der Waals surface area contributed by atoms with E-state index < -0.39 is 0 Å². The number of fused-ring (bicyclic) bond motifs is 3. The standard InChI is InChI=1S/C25H29N3/c1-28(23-21-8-4-2-6-19(21)20-7-3-5-9-22(20)23)24(26)27-25-13-16-10-17(14-25)12-18(11-16)15-25/h2-9,16-18,23H,10-15H2,1H3,(H2,26,27). The Kier molecular flexibility index (Phi) is 3.48. The molecule has 0 unspecified atom stereocenters. The van der Waals surface area contributed by atoms with Crippen molar-refractivity contribution >= 4 is 5.96 Å². The lowest BCUT2D eigenvalue weighted by atomic mass is 9.53. The van der Waals surface area contributed by atoms with Gasteiger partial charge >= 0.3 is 0 Å². The third-order valence-corrected chi connectivity index (χ3v) is 7.91. The van der Waals surface area contributed by atoms with E-state index in [4.69, 9.17) is 10.7 Å². The molecule has 5 aliphatic carbocycles. The lowest BCUT2D eigenvalue weighted by Gasteiger charge is -2.55. The van der Waals surface area contributed by atoms with Crippen LogP contribution in [0.3, 0.4) is 0 Å². The van der Waals surface area contributed by atoms with Gasteiger partial charge in [0.1, 0.15) is 0 Å². The Hall–Kier alpha value is -2.29. The van der Waals surface area contributed by atoms with Gasteiger partial charge in [-0.15, -0.1) is 0 Å². The quantitative estimate of drug-likeness (QED) is 0.598. The summed E-state index contributed by atoms with van der Waals surface area (Å²) in [7, 11) is 2.13. The predicted molar refractivity (Wildman–Crippen MR) is 114 cm³/mol. The summed E-state index contributed by atoms with van der Waals surface area (Å²) in [5, 5.41) is 0. The van der Waals surface area contributed by atoms with Crippen LogP contribution in [-0.4, -0.2) is 23.4 Å². The van der Waals surface area contributed by atoms with Gasteiger partial charge in [0.2, 0.25) is 0 Å². The molecule has 2 N–H and O–H groups in total. The second-order valence-corrected chi connectivity index (χ2v) is 9.80. The molecule has 0 radical (unpaired) electrons. The van der Waals surface area contributed by atoms with Crippen LogP contribution in [0.1, 0.15) is 55.7 Å². The molecule has 0 aliphatic heterocycles. The molecule has 2 aromatic carbocycles. The number of benzene rings is 2. The fraction of sp³-hybridized carbons (Fsp3) is 0.480. The van der Waals surface area contributed by atoms with Crippen molar-refractivity contribution in [3.8, 4) is 11.1 Å². The molecule has 0 atom stereocenters. The van der Waals surface area contributed by atoms with E-state index in [-0.39, 0.29) is 11.6 Å². The lowest BCUT2D eigenvalue weighted by molar-refractivity contribution is 0.00103. The minimum atomic E-state index is 0.116. The van der Waals surface area contributed by atoms with Gasteiger partial charge in [-0.05, 0) is 78.5 Å². The Bertz CT molecular complexity index is 879. The first-order valence-electron chi connectivity index (χ1n) is 10.9. The van der Waals surface area contributed by atoms with Gasteiger partial charge in [0.25, 0.3) is 0 Å². The third kappa shape index (κ3) is 2.38. The average Bonchev–Trinajstić information content (AvgIpc) is 3.00. The first-order valence-corrected chi connectivity index (χ1v) is 10.9. The summed E-state index contributed by atoms with van der Waals surface area (Å²) < 4.78 is 0. The van der Waals surface area contributed by atoms with Gasteiger partial charge in [0.15, 0.2) is 5.96 Å². The molecule has 4 saturated carbocycles. The summed E-state index contributed by atoms with van der Waals surface area (Å²) in [5.74, 6) is 3.39. The van der Waals surface area contributed by atoms with E-state index in [0.29, 0.717) is 0 Å². The molecule has 28 heavy (non-hydrogen) atoms. The number of aliphatic imine (C=N–C) groups is 1. The maximum atomic E-state index is 6.71. The molecule has 0 spiro atoms. The van der Waals surface area contributed by atoms with Crippen molar-refractivity contribution in [2.75, 3.05) is 7.05 Å². The summed E-state index contributed by atoms with van der Waals surface area (Å²) in [6.45, 7) is 0. The van der Waals surface area contributed by atoms with E-state index in [1.165, 1.54) is 60.8 Å². The monoisotopic (exact) mass is 371 g/mol. The van der Waals surface area contributed by atoms with Crippen LogP contribution in [0, 0.1) is 17.8 Å². The Balaban J connectivity index is 1.37. The number of nitrogens with two attached hydrogens (primary N) is 1. The molecule has 0 heterocycles. The highest BCUT2D eigenvalue weighted by Gasteiger charge is 2.51. The summed E-state index contributed by atoms with van der Waals surface area (Å²) in [4.78, 5) is 7.50. The van der Waals surface area contributed by atoms with Crippen LogP contribution in [0.4, 0.5) is 0 Å². The van der Waals surface area contributed by atoms with Crippen molar-refractivity contribution in [1.29, 1.82) is 0 Å². The first kappa shape index (κ1) is 16.6. The van der Waals surface area contributed by atoms with Gasteiger partial charge in [0, 0.05) is 7.05 Å². The summed E-state index contributed by atoms with van der Waals surface area (Å²) in [6.07, 6.45) is 8.08. The molecule has 2 aromatic rings. The predicted octanol–water partition coefficient (Wildman–Crippen LogP) is 4.97. The lowest BCUT2D eigenvalue weighted by Crippen LogP contribution is -2.51. The highest BCUT2D eigenvalue weighted by Crippen LogP contribution is 2.57. The Morgan fingerprint density at radius 2 is 1.32 bits per heavy atom. The fourth-order valence-corrected chi connectivity index (χ4v) is 7.20. The molecular formula is C25H29N3. The highest BCUT2D eigenvalue weighted by atomic mass is 15.3. The van der Waals surface area contributed by atoms with E-state index in [9.17, 15) is 0 Å². The number of hydrogen-bond acceptors (Lipinski definition) is 1. The van der Waals surface area contributed by atoms with Gasteiger partial charge < -0.3 is 10.6 Å². The molecule has 7 rings (SSSR count). The van der Waals surface area contributed by atoms with Crippen LogP contribution in [-0.2, 0) is 0 Å². The van der Waals surface area contributed by atoms with Crippen molar-refractivity contribution in [2.45, 2.75) is 50.1 Å². The molecule has 4 bridgehead atoms. The maximum absolute atomic E-state index is 6.71. The second-order valence-electron chi connectivity index (χ2n) is 9.80. The minimum absolute atomic E-state index is 0.116. The van der Waals surface area contributed by atoms with Crippen LogP contribution in [0.15, 0.2) is 53.5 Å². The van der Waals surface area contributed by atoms with Crippen molar-refractivity contribution < 1.29 is 0 Å². The molecule has 0 aromatic heterocycles. The minimum Gasteiger partial charge on any atom is -0.370 e. The van der Waals surface area contributed by atoms with E-state index >= 15 is 0 Å². The SMILES string of the molecule is CN(C(N)=NC12CC3CC(CC(C3)C1)C2)C1c2ccccc2-c2ccccc21. The average molecular weight is 372 g/mol. The van der Waals surface area contributed by atoms with E-state index in [0.717, 1.165) is 23.7 Å². The van der Waals surface area contributed by atoms with Crippen LogP contribution in [0.5, 0.6) is 0 Å². The number of guanidine groups is 1. The molecule has 0 amide bonds.